The molecule has 5 heteroatoms. The van der Waals surface area contributed by atoms with Crippen LogP contribution in [0.15, 0.2) is 29.1 Å². The number of para-hydroxylation sites is 1. The molecule has 1 aliphatic rings. The van der Waals surface area contributed by atoms with Gasteiger partial charge in [0.2, 0.25) is 0 Å². The molecule has 1 saturated carbocycles. The summed E-state index contributed by atoms with van der Waals surface area (Å²) in [6.07, 6.45) is 2.91. The highest BCUT2D eigenvalue weighted by Gasteiger charge is 2.26. The normalized spacial score (nSPS) is 21.8. The molecule has 1 fully saturated rings. The quantitative estimate of drug-likeness (QED) is 0.930. The van der Waals surface area contributed by atoms with E-state index in [1.54, 1.807) is 11.6 Å². The van der Waals surface area contributed by atoms with E-state index in [1.165, 1.54) is 0 Å². The highest BCUT2D eigenvalue weighted by atomic mass is 16.3. The SMILES string of the molecule is CN(Cc1nc2ccccc2c(=O)n1C)CC1CCCC1O. The van der Waals surface area contributed by atoms with Crippen LogP contribution in [0, 0.1) is 5.92 Å². The zero-order chi connectivity index (χ0) is 15.7. The van der Waals surface area contributed by atoms with Crippen molar-refractivity contribution < 1.29 is 5.11 Å². The first-order valence-corrected chi connectivity index (χ1v) is 7.87. The van der Waals surface area contributed by atoms with E-state index in [0.717, 1.165) is 37.1 Å². The number of hydrogen-bond donors (Lipinski definition) is 1. The van der Waals surface area contributed by atoms with Crippen LogP contribution in [0.5, 0.6) is 0 Å². The standard InChI is InChI=1S/C17H23N3O2/c1-19(10-12-6-5-9-15(12)21)11-16-18-14-8-4-3-7-13(14)17(22)20(16)2/h3-4,7-8,12,15,21H,5-6,9-11H2,1-2H3. The molecule has 0 bridgehead atoms. The molecule has 3 rings (SSSR count). The van der Waals surface area contributed by atoms with Gasteiger partial charge in [0, 0.05) is 13.6 Å². The van der Waals surface area contributed by atoms with Gasteiger partial charge in [0.25, 0.3) is 5.56 Å². The van der Waals surface area contributed by atoms with Gasteiger partial charge in [-0.3, -0.25) is 14.3 Å². The summed E-state index contributed by atoms with van der Waals surface area (Å²) in [6, 6.07) is 7.45. The van der Waals surface area contributed by atoms with Gasteiger partial charge in [0.1, 0.15) is 5.82 Å². The fourth-order valence-electron chi connectivity index (χ4n) is 3.34. The summed E-state index contributed by atoms with van der Waals surface area (Å²) in [6.45, 7) is 1.45. The van der Waals surface area contributed by atoms with E-state index in [2.05, 4.69) is 9.88 Å². The fourth-order valence-corrected chi connectivity index (χ4v) is 3.34. The summed E-state index contributed by atoms with van der Waals surface area (Å²) >= 11 is 0. The van der Waals surface area contributed by atoms with Crippen molar-refractivity contribution in [1.29, 1.82) is 0 Å². The predicted molar refractivity (Wildman–Crippen MR) is 86.7 cm³/mol. The number of aliphatic hydroxyl groups is 1. The first-order valence-electron chi connectivity index (χ1n) is 7.87. The molecule has 5 nitrogen and oxygen atoms in total. The zero-order valence-corrected chi connectivity index (χ0v) is 13.2. The molecule has 1 aliphatic carbocycles. The second kappa shape index (κ2) is 6.18. The average molecular weight is 301 g/mol. The molecule has 0 radical (unpaired) electrons. The minimum absolute atomic E-state index is 0.00472. The maximum atomic E-state index is 12.4. The second-order valence-electron chi connectivity index (χ2n) is 6.36. The van der Waals surface area contributed by atoms with Crippen molar-refractivity contribution in [2.45, 2.75) is 31.9 Å². The van der Waals surface area contributed by atoms with Crippen LogP contribution in [0.2, 0.25) is 0 Å². The highest BCUT2D eigenvalue weighted by Crippen LogP contribution is 2.26. The first kappa shape index (κ1) is 15.2. The Kier molecular flexibility index (Phi) is 4.27. The third-order valence-electron chi connectivity index (χ3n) is 4.65. The number of benzene rings is 1. The molecule has 1 heterocycles. The average Bonchev–Trinajstić information content (AvgIpc) is 2.90. The van der Waals surface area contributed by atoms with Gasteiger partial charge in [-0.2, -0.15) is 0 Å². The molecule has 0 saturated heterocycles. The summed E-state index contributed by atoms with van der Waals surface area (Å²) in [5.41, 5.74) is 0.741. The van der Waals surface area contributed by atoms with Gasteiger partial charge >= 0.3 is 0 Å². The molecule has 0 aliphatic heterocycles. The Morgan fingerprint density at radius 1 is 1.36 bits per heavy atom. The molecule has 118 valence electrons. The number of aliphatic hydroxyl groups excluding tert-OH is 1. The molecule has 22 heavy (non-hydrogen) atoms. The monoisotopic (exact) mass is 301 g/mol. The number of rotatable bonds is 4. The van der Waals surface area contributed by atoms with Crippen LogP contribution < -0.4 is 5.56 Å². The van der Waals surface area contributed by atoms with Gasteiger partial charge in [-0.25, -0.2) is 4.98 Å². The zero-order valence-electron chi connectivity index (χ0n) is 13.2. The van der Waals surface area contributed by atoms with Gasteiger partial charge in [0.15, 0.2) is 0 Å². The molecular formula is C17H23N3O2. The molecule has 2 aromatic rings. The molecule has 2 unspecified atom stereocenters. The number of aromatic nitrogens is 2. The Morgan fingerprint density at radius 2 is 2.14 bits per heavy atom. The molecule has 2 atom stereocenters. The van der Waals surface area contributed by atoms with Gasteiger partial charge in [-0.1, -0.05) is 18.6 Å². The van der Waals surface area contributed by atoms with Gasteiger partial charge < -0.3 is 5.11 Å². The van der Waals surface area contributed by atoms with Crippen molar-refractivity contribution in [2.75, 3.05) is 13.6 Å². The Balaban J connectivity index is 1.81. The third kappa shape index (κ3) is 2.91. The van der Waals surface area contributed by atoms with E-state index in [-0.39, 0.29) is 11.7 Å². The fraction of sp³-hybridized carbons (Fsp3) is 0.529. The van der Waals surface area contributed by atoms with Gasteiger partial charge in [-0.05, 0) is 37.9 Å². The Hall–Kier alpha value is -1.72. The maximum absolute atomic E-state index is 12.4. The minimum Gasteiger partial charge on any atom is -0.393 e. The van der Waals surface area contributed by atoms with Gasteiger partial charge in [-0.15, -0.1) is 0 Å². The van der Waals surface area contributed by atoms with Crippen LogP contribution in [-0.4, -0.2) is 39.3 Å². The Bertz CT molecular complexity index is 725. The van der Waals surface area contributed by atoms with Gasteiger partial charge in [0.05, 0.1) is 23.6 Å². The lowest BCUT2D eigenvalue weighted by Crippen LogP contribution is -2.32. The molecule has 1 aromatic heterocycles. The largest absolute Gasteiger partial charge is 0.393 e. The van der Waals surface area contributed by atoms with Crippen LogP contribution in [0.4, 0.5) is 0 Å². The third-order valence-corrected chi connectivity index (χ3v) is 4.65. The molecule has 1 aromatic carbocycles. The lowest BCUT2D eigenvalue weighted by molar-refractivity contribution is 0.107. The number of fused-ring (bicyclic) bond motifs is 1. The van der Waals surface area contributed by atoms with E-state index in [1.807, 2.05) is 31.3 Å². The lowest BCUT2D eigenvalue weighted by atomic mass is 10.1. The smallest absolute Gasteiger partial charge is 0.261 e. The van der Waals surface area contributed by atoms with E-state index < -0.39 is 0 Å². The van der Waals surface area contributed by atoms with Crippen molar-refractivity contribution in [3.05, 3.63) is 40.4 Å². The van der Waals surface area contributed by atoms with E-state index >= 15 is 0 Å². The maximum Gasteiger partial charge on any atom is 0.261 e. The number of hydrogen-bond acceptors (Lipinski definition) is 4. The summed E-state index contributed by atoms with van der Waals surface area (Å²) in [5.74, 6) is 1.10. The molecule has 0 amide bonds. The Labute approximate surface area is 130 Å². The van der Waals surface area contributed by atoms with Crippen molar-refractivity contribution in [3.8, 4) is 0 Å². The minimum atomic E-state index is -0.184. The van der Waals surface area contributed by atoms with E-state index in [4.69, 9.17) is 0 Å². The van der Waals surface area contributed by atoms with Crippen molar-refractivity contribution in [2.24, 2.45) is 13.0 Å². The lowest BCUT2D eigenvalue weighted by Gasteiger charge is -2.23. The molecular weight excluding hydrogens is 278 g/mol. The highest BCUT2D eigenvalue weighted by molar-refractivity contribution is 5.77. The van der Waals surface area contributed by atoms with Crippen LogP contribution in [0.3, 0.4) is 0 Å². The van der Waals surface area contributed by atoms with Crippen molar-refractivity contribution in [3.63, 3.8) is 0 Å². The summed E-state index contributed by atoms with van der Waals surface area (Å²) < 4.78 is 1.63. The second-order valence-corrected chi connectivity index (χ2v) is 6.36. The van der Waals surface area contributed by atoms with Crippen molar-refractivity contribution >= 4 is 10.9 Å². The van der Waals surface area contributed by atoms with E-state index in [0.29, 0.717) is 17.8 Å². The first-order chi connectivity index (χ1) is 10.6. The van der Waals surface area contributed by atoms with Crippen LogP contribution in [0.1, 0.15) is 25.1 Å². The van der Waals surface area contributed by atoms with Crippen molar-refractivity contribution in [1.82, 2.24) is 14.5 Å². The van der Waals surface area contributed by atoms with E-state index in [9.17, 15) is 9.90 Å². The molecule has 0 spiro atoms. The summed E-state index contributed by atoms with van der Waals surface area (Å²) in [4.78, 5) is 19.2. The molecule has 1 N–H and O–H groups in total. The Morgan fingerprint density at radius 3 is 2.86 bits per heavy atom. The summed E-state index contributed by atoms with van der Waals surface area (Å²) in [5, 5.41) is 10.6. The number of nitrogens with zero attached hydrogens (tertiary/aromatic N) is 3. The summed E-state index contributed by atoms with van der Waals surface area (Å²) in [7, 11) is 3.79. The predicted octanol–water partition coefficient (Wildman–Crippen LogP) is 1.53. The van der Waals surface area contributed by atoms with Crippen LogP contribution in [0.25, 0.3) is 10.9 Å². The van der Waals surface area contributed by atoms with Crippen LogP contribution >= 0.6 is 0 Å². The topological polar surface area (TPSA) is 58.4 Å². The van der Waals surface area contributed by atoms with Crippen LogP contribution in [-0.2, 0) is 13.6 Å².